The smallest absolute Gasteiger partial charge is 0.334 e. The first-order valence-corrected chi connectivity index (χ1v) is 10.6. The average Bonchev–Trinajstić information content (AvgIpc) is 2.65. The van der Waals surface area contributed by atoms with Gasteiger partial charge in [0.05, 0.1) is 5.57 Å². The molecule has 31 heavy (non-hydrogen) atoms. The van der Waals surface area contributed by atoms with Crippen LogP contribution in [0.1, 0.15) is 59.4 Å². The number of hydrogen-bond acceptors (Lipinski definition) is 4. The summed E-state index contributed by atoms with van der Waals surface area (Å²) in [6.45, 7) is 8.04. The second kappa shape index (κ2) is 7.73. The van der Waals surface area contributed by atoms with Crippen molar-refractivity contribution in [2.75, 3.05) is 5.73 Å². The molecule has 0 saturated carbocycles. The van der Waals surface area contributed by atoms with Gasteiger partial charge < -0.3 is 16.2 Å². The van der Waals surface area contributed by atoms with Gasteiger partial charge in [0.15, 0.2) is 5.78 Å². The third-order valence-electron chi connectivity index (χ3n) is 6.45. The van der Waals surface area contributed by atoms with Gasteiger partial charge in [-0.1, -0.05) is 29.8 Å². The van der Waals surface area contributed by atoms with E-state index in [4.69, 9.17) is 5.73 Å². The molecule has 4 N–H and O–H groups in total. The molecule has 2 aliphatic rings. The van der Waals surface area contributed by atoms with Crippen LogP contribution in [0.25, 0.3) is 0 Å². The van der Waals surface area contributed by atoms with Crippen molar-refractivity contribution in [1.82, 2.24) is 5.32 Å². The van der Waals surface area contributed by atoms with Crippen LogP contribution in [0.5, 0.6) is 0 Å². The molecule has 0 saturated heterocycles. The summed E-state index contributed by atoms with van der Waals surface area (Å²) in [5.41, 5.74) is 14.3. The molecule has 2 aromatic carbocycles. The van der Waals surface area contributed by atoms with Crippen LogP contribution in [0.3, 0.4) is 0 Å². The SMILES string of the molecule is CC1=C(C(=O)O)C(c2cccc(N)c2)C2=C(CC(c3c(C)cc(C)cc3C)CC2=O)N1. The molecule has 1 aliphatic carbocycles. The molecule has 0 bridgehead atoms. The number of carboxylic acids is 1. The van der Waals surface area contributed by atoms with Crippen molar-refractivity contribution in [3.8, 4) is 0 Å². The molecule has 2 atom stereocenters. The quantitative estimate of drug-likeness (QED) is 0.634. The Balaban J connectivity index is 1.83. The Hall–Kier alpha value is -3.34. The second-order valence-corrected chi connectivity index (χ2v) is 8.80. The van der Waals surface area contributed by atoms with E-state index in [-0.39, 0.29) is 17.3 Å². The van der Waals surface area contributed by atoms with Gasteiger partial charge in [-0.05, 0) is 74.4 Å². The molecule has 1 aliphatic heterocycles. The van der Waals surface area contributed by atoms with Gasteiger partial charge in [0.1, 0.15) is 0 Å². The van der Waals surface area contributed by atoms with Crippen LogP contribution in [0, 0.1) is 20.8 Å². The second-order valence-electron chi connectivity index (χ2n) is 8.80. The van der Waals surface area contributed by atoms with Crippen molar-refractivity contribution in [3.05, 3.63) is 86.8 Å². The highest BCUT2D eigenvalue weighted by atomic mass is 16.4. The van der Waals surface area contributed by atoms with E-state index in [9.17, 15) is 14.7 Å². The Morgan fingerprint density at radius 2 is 1.74 bits per heavy atom. The van der Waals surface area contributed by atoms with E-state index in [0.717, 1.165) is 11.3 Å². The number of Topliss-reactive ketones (excluding diaryl/α,β-unsaturated/α-hetero) is 1. The number of anilines is 1. The summed E-state index contributed by atoms with van der Waals surface area (Å²) in [7, 11) is 0. The highest BCUT2D eigenvalue weighted by molar-refractivity contribution is 6.04. The maximum Gasteiger partial charge on any atom is 0.334 e. The number of nitrogen functional groups attached to an aromatic ring is 1. The minimum Gasteiger partial charge on any atom is -0.478 e. The van der Waals surface area contributed by atoms with E-state index in [2.05, 4.69) is 38.2 Å². The van der Waals surface area contributed by atoms with Gasteiger partial charge in [0, 0.05) is 35.0 Å². The number of aliphatic carboxylic acids is 1. The van der Waals surface area contributed by atoms with Crippen LogP contribution in [0.15, 0.2) is 58.9 Å². The number of dihydropyridines is 1. The Kier molecular flexibility index (Phi) is 5.21. The van der Waals surface area contributed by atoms with Crippen molar-refractivity contribution >= 4 is 17.4 Å². The fraction of sp³-hybridized carbons (Fsp3) is 0.308. The molecule has 0 aromatic heterocycles. The zero-order valence-electron chi connectivity index (χ0n) is 18.4. The van der Waals surface area contributed by atoms with Gasteiger partial charge in [-0.15, -0.1) is 0 Å². The molecule has 2 unspecified atom stereocenters. The minimum atomic E-state index is -1.02. The fourth-order valence-corrected chi connectivity index (χ4v) is 5.43. The summed E-state index contributed by atoms with van der Waals surface area (Å²) in [6.07, 6.45) is 1.05. The van der Waals surface area contributed by atoms with Gasteiger partial charge in [0.2, 0.25) is 0 Å². The lowest BCUT2D eigenvalue weighted by molar-refractivity contribution is -0.133. The number of ketones is 1. The fourth-order valence-electron chi connectivity index (χ4n) is 5.43. The van der Waals surface area contributed by atoms with E-state index >= 15 is 0 Å². The number of benzene rings is 2. The van der Waals surface area contributed by atoms with E-state index in [1.54, 1.807) is 25.1 Å². The molecule has 4 rings (SSSR count). The zero-order chi connectivity index (χ0) is 22.4. The minimum absolute atomic E-state index is 0.00296. The molecule has 5 nitrogen and oxygen atoms in total. The van der Waals surface area contributed by atoms with Gasteiger partial charge in [-0.25, -0.2) is 4.79 Å². The summed E-state index contributed by atoms with van der Waals surface area (Å²) in [4.78, 5) is 25.7. The zero-order valence-corrected chi connectivity index (χ0v) is 18.4. The third-order valence-corrected chi connectivity index (χ3v) is 6.45. The third kappa shape index (κ3) is 3.65. The van der Waals surface area contributed by atoms with Crippen LogP contribution >= 0.6 is 0 Å². The summed E-state index contributed by atoms with van der Waals surface area (Å²) < 4.78 is 0. The number of allylic oxidation sites excluding steroid dienone is 3. The van der Waals surface area contributed by atoms with Crippen molar-refractivity contribution in [2.45, 2.75) is 52.4 Å². The maximum atomic E-state index is 13.5. The first kappa shape index (κ1) is 20.9. The largest absolute Gasteiger partial charge is 0.478 e. The van der Waals surface area contributed by atoms with Crippen LogP contribution < -0.4 is 11.1 Å². The molecule has 5 heteroatoms. The molecule has 0 amide bonds. The summed E-state index contributed by atoms with van der Waals surface area (Å²) in [5.74, 6) is -1.58. The van der Waals surface area contributed by atoms with E-state index in [0.29, 0.717) is 29.8 Å². The molecule has 0 fully saturated rings. The van der Waals surface area contributed by atoms with Crippen molar-refractivity contribution < 1.29 is 14.7 Å². The molecule has 1 heterocycles. The Morgan fingerprint density at radius 1 is 1.06 bits per heavy atom. The summed E-state index contributed by atoms with van der Waals surface area (Å²) in [5, 5.41) is 13.2. The number of carboxylic acid groups (broad SMARTS) is 1. The van der Waals surface area contributed by atoms with Crippen LogP contribution in [-0.4, -0.2) is 16.9 Å². The monoisotopic (exact) mass is 416 g/mol. The summed E-state index contributed by atoms with van der Waals surface area (Å²) in [6, 6.07) is 11.5. The van der Waals surface area contributed by atoms with E-state index in [1.165, 1.54) is 22.3 Å². The molecule has 0 radical (unpaired) electrons. The Morgan fingerprint density at radius 3 is 2.35 bits per heavy atom. The number of hydrogen-bond donors (Lipinski definition) is 3. The maximum absolute atomic E-state index is 13.5. The van der Waals surface area contributed by atoms with Crippen molar-refractivity contribution in [1.29, 1.82) is 0 Å². The number of nitrogens with two attached hydrogens (primary N) is 1. The first-order valence-electron chi connectivity index (χ1n) is 10.6. The number of carbonyl (C=O) groups is 2. The van der Waals surface area contributed by atoms with E-state index in [1.807, 2.05) is 6.07 Å². The van der Waals surface area contributed by atoms with Gasteiger partial charge >= 0.3 is 5.97 Å². The molecular weight excluding hydrogens is 388 g/mol. The Labute approximate surface area is 182 Å². The van der Waals surface area contributed by atoms with Gasteiger partial charge in [-0.2, -0.15) is 0 Å². The predicted octanol–water partition coefficient (Wildman–Crippen LogP) is 4.64. The van der Waals surface area contributed by atoms with Crippen molar-refractivity contribution in [2.24, 2.45) is 0 Å². The number of rotatable bonds is 3. The molecule has 2 aromatic rings. The lowest BCUT2D eigenvalue weighted by atomic mass is 9.70. The van der Waals surface area contributed by atoms with Crippen LogP contribution in [0.4, 0.5) is 5.69 Å². The number of aryl methyl sites for hydroxylation is 3. The molecule has 0 spiro atoms. The predicted molar refractivity (Wildman–Crippen MR) is 122 cm³/mol. The molecule has 160 valence electrons. The van der Waals surface area contributed by atoms with Gasteiger partial charge in [0.25, 0.3) is 0 Å². The van der Waals surface area contributed by atoms with E-state index < -0.39 is 11.9 Å². The van der Waals surface area contributed by atoms with Crippen LogP contribution in [-0.2, 0) is 9.59 Å². The highest BCUT2D eigenvalue weighted by Gasteiger charge is 2.41. The average molecular weight is 417 g/mol. The van der Waals surface area contributed by atoms with Crippen LogP contribution in [0.2, 0.25) is 0 Å². The normalized spacial score (nSPS) is 21.1. The highest BCUT2D eigenvalue weighted by Crippen LogP contribution is 2.46. The number of nitrogens with one attached hydrogen (secondary N) is 1. The lowest BCUT2D eigenvalue weighted by Gasteiger charge is -2.37. The first-order chi connectivity index (χ1) is 14.7. The topological polar surface area (TPSA) is 92.4 Å². The number of carbonyl (C=O) groups excluding carboxylic acids is 1. The Bertz CT molecular complexity index is 1150. The molecular formula is C26H28N2O3. The van der Waals surface area contributed by atoms with Crippen molar-refractivity contribution in [3.63, 3.8) is 0 Å². The lowest BCUT2D eigenvalue weighted by Crippen LogP contribution is -2.35. The summed E-state index contributed by atoms with van der Waals surface area (Å²) >= 11 is 0. The standard InChI is InChI=1S/C26H28N2O3/c1-13-8-14(2)22(15(3)9-13)18-11-20-25(21(29)12-18)24(17-6-5-7-19(27)10-17)23(26(30)31)16(4)28-20/h5-10,18,24,28H,11-12,27H2,1-4H3,(H,30,31). The van der Waals surface area contributed by atoms with Gasteiger partial charge in [-0.3, -0.25) is 4.79 Å².